The van der Waals surface area contributed by atoms with Crippen molar-refractivity contribution in [3.8, 4) is 0 Å². The number of aromatic nitrogens is 2. The van der Waals surface area contributed by atoms with E-state index in [2.05, 4.69) is 26.9 Å². The van der Waals surface area contributed by atoms with E-state index in [-0.39, 0.29) is 0 Å². The molecule has 0 bridgehead atoms. The number of aromatic amines is 1. The number of aryl methyl sites for hydroxylation is 1. The minimum atomic E-state index is 0.308. The standard InChI is InChI=1S/C17H28N4O2/c1-14-12-18-19-16(14)11-15-3-2-5-21(13-15)17(22)4-6-20-7-9-23-10-8-20/h12,15H,2-11,13H2,1H3,(H,18,19)/t15-/m0/s1. The van der Waals surface area contributed by atoms with Crippen LogP contribution in [0.2, 0.25) is 0 Å². The summed E-state index contributed by atoms with van der Waals surface area (Å²) >= 11 is 0. The smallest absolute Gasteiger partial charge is 0.223 e. The Labute approximate surface area is 138 Å². The second kappa shape index (κ2) is 7.93. The lowest BCUT2D eigenvalue weighted by Crippen LogP contribution is -2.43. The number of piperidine rings is 1. The molecule has 128 valence electrons. The maximum atomic E-state index is 12.5. The lowest BCUT2D eigenvalue weighted by Gasteiger charge is -2.34. The first-order valence-corrected chi connectivity index (χ1v) is 8.79. The van der Waals surface area contributed by atoms with Crippen LogP contribution in [0.5, 0.6) is 0 Å². The average molecular weight is 320 g/mol. The number of nitrogens with zero attached hydrogens (tertiary/aromatic N) is 3. The molecule has 3 rings (SSSR count). The molecule has 1 aromatic rings. The van der Waals surface area contributed by atoms with Gasteiger partial charge in [-0.1, -0.05) is 0 Å². The van der Waals surface area contributed by atoms with Gasteiger partial charge in [0.25, 0.3) is 0 Å². The highest BCUT2D eigenvalue weighted by atomic mass is 16.5. The number of H-pyrrole nitrogens is 1. The molecule has 1 amide bonds. The number of hydrogen-bond acceptors (Lipinski definition) is 4. The number of rotatable bonds is 5. The second-order valence-corrected chi connectivity index (χ2v) is 6.79. The SMILES string of the molecule is Cc1cn[nH]c1C[C@@H]1CCCN(C(=O)CCN2CCOCC2)C1. The molecule has 2 aliphatic rings. The number of nitrogens with one attached hydrogen (secondary N) is 1. The molecule has 1 N–H and O–H groups in total. The van der Waals surface area contributed by atoms with Crippen LogP contribution < -0.4 is 0 Å². The highest BCUT2D eigenvalue weighted by Crippen LogP contribution is 2.22. The number of carbonyl (C=O) groups is 1. The van der Waals surface area contributed by atoms with Gasteiger partial charge in [-0.15, -0.1) is 0 Å². The number of hydrogen-bond donors (Lipinski definition) is 1. The van der Waals surface area contributed by atoms with Gasteiger partial charge in [0.05, 0.1) is 19.4 Å². The molecule has 23 heavy (non-hydrogen) atoms. The summed E-state index contributed by atoms with van der Waals surface area (Å²) in [4.78, 5) is 16.9. The molecule has 3 heterocycles. The van der Waals surface area contributed by atoms with E-state index >= 15 is 0 Å². The molecule has 0 unspecified atom stereocenters. The zero-order valence-corrected chi connectivity index (χ0v) is 14.1. The maximum absolute atomic E-state index is 12.5. The lowest BCUT2D eigenvalue weighted by atomic mass is 9.92. The number of morpholine rings is 1. The summed E-state index contributed by atoms with van der Waals surface area (Å²) in [6.07, 6.45) is 5.82. The Morgan fingerprint density at radius 3 is 2.96 bits per heavy atom. The van der Waals surface area contributed by atoms with Crippen LogP contribution in [-0.2, 0) is 16.0 Å². The van der Waals surface area contributed by atoms with E-state index in [0.29, 0.717) is 18.2 Å². The Morgan fingerprint density at radius 2 is 2.22 bits per heavy atom. The first-order chi connectivity index (χ1) is 11.2. The summed E-state index contributed by atoms with van der Waals surface area (Å²) in [6.45, 7) is 8.26. The zero-order valence-electron chi connectivity index (χ0n) is 14.1. The Balaban J connectivity index is 1.45. The summed E-state index contributed by atoms with van der Waals surface area (Å²) in [6, 6.07) is 0. The van der Waals surface area contributed by atoms with Crippen molar-refractivity contribution >= 4 is 5.91 Å². The van der Waals surface area contributed by atoms with Crippen LogP contribution in [0.15, 0.2) is 6.20 Å². The molecule has 0 spiro atoms. The predicted octanol–water partition coefficient (Wildman–Crippen LogP) is 1.22. The summed E-state index contributed by atoms with van der Waals surface area (Å²) in [5.41, 5.74) is 2.44. The molecule has 6 heteroatoms. The van der Waals surface area contributed by atoms with Gasteiger partial charge in [-0.25, -0.2) is 0 Å². The van der Waals surface area contributed by atoms with Gasteiger partial charge in [0.2, 0.25) is 5.91 Å². The minimum absolute atomic E-state index is 0.308. The van der Waals surface area contributed by atoms with Gasteiger partial charge < -0.3 is 9.64 Å². The van der Waals surface area contributed by atoms with Crippen LogP contribution in [0.1, 0.15) is 30.5 Å². The molecule has 0 radical (unpaired) electrons. The van der Waals surface area contributed by atoms with Crippen LogP contribution in [0.25, 0.3) is 0 Å². The van der Waals surface area contributed by atoms with Crippen molar-refractivity contribution in [3.63, 3.8) is 0 Å². The van der Waals surface area contributed by atoms with Crippen molar-refractivity contribution in [2.45, 2.75) is 32.6 Å². The van der Waals surface area contributed by atoms with Crippen molar-refractivity contribution in [3.05, 3.63) is 17.5 Å². The van der Waals surface area contributed by atoms with Crippen molar-refractivity contribution in [1.29, 1.82) is 0 Å². The Hall–Kier alpha value is -1.40. The molecule has 0 aromatic carbocycles. The molecule has 6 nitrogen and oxygen atoms in total. The van der Waals surface area contributed by atoms with E-state index in [0.717, 1.165) is 58.8 Å². The van der Waals surface area contributed by atoms with Gasteiger partial charge in [-0.05, 0) is 37.7 Å². The topological polar surface area (TPSA) is 61.5 Å². The van der Waals surface area contributed by atoms with Crippen LogP contribution in [-0.4, -0.2) is 71.8 Å². The number of ether oxygens (including phenoxy) is 1. The average Bonchev–Trinajstić information content (AvgIpc) is 2.99. The van der Waals surface area contributed by atoms with Gasteiger partial charge in [-0.3, -0.25) is 14.8 Å². The Kier molecular flexibility index (Phi) is 5.67. The van der Waals surface area contributed by atoms with E-state index in [1.165, 1.54) is 17.7 Å². The molecule has 1 aromatic heterocycles. The fourth-order valence-corrected chi connectivity index (χ4v) is 3.56. The largest absolute Gasteiger partial charge is 0.379 e. The van der Waals surface area contributed by atoms with E-state index in [1.807, 2.05) is 6.20 Å². The van der Waals surface area contributed by atoms with Crippen LogP contribution >= 0.6 is 0 Å². The molecule has 1 atom stereocenters. The third-order valence-electron chi connectivity index (χ3n) is 5.04. The molecule has 2 fully saturated rings. The van der Waals surface area contributed by atoms with Crippen molar-refractivity contribution < 1.29 is 9.53 Å². The Morgan fingerprint density at radius 1 is 1.39 bits per heavy atom. The fourth-order valence-electron chi connectivity index (χ4n) is 3.56. The Bertz CT molecular complexity index is 510. The van der Waals surface area contributed by atoms with Crippen LogP contribution in [0, 0.1) is 12.8 Å². The van der Waals surface area contributed by atoms with Crippen molar-refractivity contribution in [2.24, 2.45) is 5.92 Å². The van der Waals surface area contributed by atoms with Crippen molar-refractivity contribution in [1.82, 2.24) is 20.0 Å². The summed E-state index contributed by atoms with van der Waals surface area (Å²) in [7, 11) is 0. The number of likely N-dealkylation sites (tertiary alicyclic amines) is 1. The van der Waals surface area contributed by atoms with Crippen molar-refractivity contribution in [2.75, 3.05) is 45.9 Å². The van der Waals surface area contributed by atoms with E-state index in [1.54, 1.807) is 0 Å². The second-order valence-electron chi connectivity index (χ2n) is 6.79. The first-order valence-electron chi connectivity index (χ1n) is 8.79. The lowest BCUT2D eigenvalue weighted by molar-refractivity contribution is -0.133. The summed E-state index contributed by atoms with van der Waals surface area (Å²) in [5, 5.41) is 7.19. The number of amides is 1. The third-order valence-corrected chi connectivity index (χ3v) is 5.04. The normalized spacial score (nSPS) is 23.2. The van der Waals surface area contributed by atoms with Gasteiger partial charge in [-0.2, -0.15) is 5.10 Å². The predicted molar refractivity (Wildman–Crippen MR) is 88.2 cm³/mol. The summed E-state index contributed by atoms with van der Waals surface area (Å²) < 4.78 is 5.35. The highest BCUT2D eigenvalue weighted by Gasteiger charge is 2.25. The van der Waals surface area contributed by atoms with Gasteiger partial charge in [0, 0.05) is 44.8 Å². The highest BCUT2D eigenvalue weighted by molar-refractivity contribution is 5.76. The number of carbonyl (C=O) groups excluding carboxylic acids is 1. The molecule has 2 aliphatic heterocycles. The molecular weight excluding hydrogens is 292 g/mol. The first kappa shape index (κ1) is 16.5. The fraction of sp³-hybridized carbons (Fsp3) is 0.765. The monoisotopic (exact) mass is 320 g/mol. The molecular formula is C17H28N4O2. The minimum Gasteiger partial charge on any atom is -0.379 e. The molecule has 0 aliphatic carbocycles. The van der Waals surface area contributed by atoms with Gasteiger partial charge in [0.15, 0.2) is 0 Å². The summed E-state index contributed by atoms with van der Waals surface area (Å²) in [5.74, 6) is 0.859. The molecule has 2 saturated heterocycles. The van der Waals surface area contributed by atoms with E-state index in [4.69, 9.17) is 4.74 Å². The quantitative estimate of drug-likeness (QED) is 0.886. The zero-order chi connectivity index (χ0) is 16.1. The van der Waals surface area contributed by atoms with Crippen LogP contribution in [0.4, 0.5) is 0 Å². The van der Waals surface area contributed by atoms with E-state index in [9.17, 15) is 4.79 Å². The maximum Gasteiger partial charge on any atom is 0.223 e. The van der Waals surface area contributed by atoms with Crippen LogP contribution in [0.3, 0.4) is 0 Å². The van der Waals surface area contributed by atoms with Gasteiger partial charge >= 0.3 is 0 Å². The van der Waals surface area contributed by atoms with E-state index < -0.39 is 0 Å². The van der Waals surface area contributed by atoms with Gasteiger partial charge in [0.1, 0.15) is 0 Å². The molecule has 0 saturated carbocycles. The third kappa shape index (κ3) is 4.54.